The van der Waals surface area contributed by atoms with E-state index >= 15 is 0 Å². The van der Waals surface area contributed by atoms with Crippen LogP contribution in [-0.4, -0.2) is 22.2 Å². The minimum atomic E-state index is -0.161. The van der Waals surface area contributed by atoms with Crippen LogP contribution in [0.5, 0.6) is 0 Å². The molecule has 0 spiro atoms. The van der Waals surface area contributed by atoms with Gasteiger partial charge in [0.2, 0.25) is 5.91 Å². The van der Waals surface area contributed by atoms with Crippen molar-refractivity contribution < 1.29 is 9.21 Å². The Bertz CT molecular complexity index is 493. The largest absolute Gasteiger partial charge is 0.437 e. The van der Waals surface area contributed by atoms with E-state index in [1.54, 1.807) is 0 Å². The normalized spacial score (nSPS) is 23.5. The van der Waals surface area contributed by atoms with Crippen molar-refractivity contribution in [1.29, 1.82) is 0 Å². The summed E-state index contributed by atoms with van der Waals surface area (Å²) in [5, 5.41) is 3.70. The minimum Gasteiger partial charge on any atom is -0.437 e. The lowest BCUT2D eigenvalue weighted by molar-refractivity contribution is -0.122. The molecule has 1 amide bonds. The number of carbonyl (C=O) groups excluding carboxylic acids is 1. The van der Waals surface area contributed by atoms with Crippen LogP contribution in [0.2, 0.25) is 0 Å². The second-order valence-electron chi connectivity index (χ2n) is 6.78. The molecule has 0 radical (unpaired) electrons. The number of oxazole rings is 1. The van der Waals surface area contributed by atoms with Crippen molar-refractivity contribution in [2.45, 2.75) is 76.8 Å². The molecule has 22 heavy (non-hydrogen) atoms. The van der Waals surface area contributed by atoms with E-state index in [1.807, 2.05) is 13.8 Å². The fourth-order valence-electron chi connectivity index (χ4n) is 2.89. The molecule has 1 aromatic rings. The summed E-state index contributed by atoms with van der Waals surface area (Å²) in [4.78, 5) is 17.1. The van der Waals surface area contributed by atoms with Crippen molar-refractivity contribution in [3.63, 3.8) is 0 Å². The highest BCUT2D eigenvalue weighted by Crippen LogP contribution is 2.30. The number of nitrogens with zero attached hydrogens (tertiary/aromatic N) is 1. The molecule has 124 valence electrons. The lowest BCUT2D eigenvalue weighted by Gasteiger charge is -2.31. The van der Waals surface area contributed by atoms with Gasteiger partial charge in [-0.15, -0.1) is 0 Å². The predicted octanol–water partition coefficient (Wildman–Crippen LogP) is 4.10. The van der Waals surface area contributed by atoms with Crippen molar-refractivity contribution >= 4 is 17.7 Å². The van der Waals surface area contributed by atoms with Gasteiger partial charge in [0.15, 0.2) is 0 Å². The summed E-state index contributed by atoms with van der Waals surface area (Å²) >= 11 is 1.44. The SMILES string of the molecule is Cc1nc(S[C@H](C(=O)N[C@H]2CCCC[C@H]2C)C(C)C)oc1C. The van der Waals surface area contributed by atoms with Crippen LogP contribution in [0, 0.1) is 25.7 Å². The maximum atomic E-state index is 12.7. The van der Waals surface area contributed by atoms with Gasteiger partial charge in [-0.1, -0.05) is 45.4 Å². The van der Waals surface area contributed by atoms with Gasteiger partial charge in [-0.3, -0.25) is 4.79 Å². The summed E-state index contributed by atoms with van der Waals surface area (Å²) in [6.07, 6.45) is 4.81. The van der Waals surface area contributed by atoms with Gasteiger partial charge in [-0.2, -0.15) is 0 Å². The highest BCUT2D eigenvalue weighted by Gasteiger charge is 2.30. The van der Waals surface area contributed by atoms with Crippen LogP contribution in [-0.2, 0) is 4.79 Å². The van der Waals surface area contributed by atoms with Crippen LogP contribution in [0.1, 0.15) is 57.9 Å². The first-order valence-corrected chi connectivity index (χ1v) is 9.17. The molecule has 0 aliphatic heterocycles. The zero-order valence-corrected chi connectivity index (χ0v) is 15.1. The summed E-state index contributed by atoms with van der Waals surface area (Å²) in [7, 11) is 0. The fourth-order valence-corrected chi connectivity index (χ4v) is 3.92. The third-order valence-corrected chi connectivity index (χ3v) is 5.93. The molecule has 0 bridgehead atoms. The molecule has 1 aliphatic carbocycles. The van der Waals surface area contributed by atoms with Gasteiger partial charge in [0.05, 0.1) is 10.9 Å². The highest BCUT2D eigenvalue weighted by molar-refractivity contribution is 8.00. The molecule has 1 heterocycles. The zero-order valence-electron chi connectivity index (χ0n) is 14.3. The number of aryl methyl sites for hydroxylation is 2. The van der Waals surface area contributed by atoms with Crippen LogP contribution < -0.4 is 5.32 Å². The molecule has 5 heteroatoms. The Labute approximate surface area is 137 Å². The molecule has 4 nitrogen and oxygen atoms in total. The van der Waals surface area contributed by atoms with E-state index < -0.39 is 0 Å². The number of nitrogens with one attached hydrogen (secondary N) is 1. The Morgan fingerprint density at radius 2 is 2.00 bits per heavy atom. The zero-order chi connectivity index (χ0) is 16.3. The molecular formula is C17H28N2O2S. The third-order valence-electron chi connectivity index (χ3n) is 4.54. The van der Waals surface area contributed by atoms with Gasteiger partial charge < -0.3 is 9.73 Å². The first kappa shape index (κ1) is 17.4. The maximum Gasteiger partial charge on any atom is 0.256 e. The minimum absolute atomic E-state index is 0.118. The quantitative estimate of drug-likeness (QED) is 0.828. The first-order valence-electron chi connectivity index (χ1n) is 8.29. The number of hydrogen-bond acceptors (Lipinski definition) is 4. The summed E-state index contributed by atoms with van der Waals surface area (Å²) in [5.41, 5.74) is 0.895. The first-order chi connectivity index (χ1) is 10.4. The predicted molar refractivity (Wildman–Crippen MR) is 90.0 cm³/mol. The Kier molecular flexibility index (Phi) is 5.95. The second kappa shape index (κ2) is 7.53. The third kappa shape index (κ3) is 4.28. The molecule has 0 unspecified atom stereocenters. The van der Waals surface area contributed by atoms with E-state index in [1.165, 1.54) is 31.0 Å². The molecule has 0 saturated heterocycles. The summed E-state index contributed by atoms with van der Waals surface area (Å²) < 4.78 is 5.63. The van der Waals surface area contributed by atoms with E-state index in [0.29, 0.717) is 17.2 Å². The van der Waals surface area contributed by atoms with E-state index in [0.717, 1.165) is 17.9 Å². The highest BCUT2D eigenvalue weighted by atomic mass is 32.2. The Hall–Kier alpha value is -0.970. The van der Waals surface area contributed by atoms with Crippen LogP contribution in [0.15, 0.2) is 9.64 Å². The Balaban J connectivity index is 2.01. The molecule has 1 fully saturated rings. The Morgan fingerprint density at radius 1 is 1.32 bits per heavy atom. The van der Waals surface area contributed by atoms with Crippen LogP contribution >= 0.6 is 11.8 Å². The second-order valence-corrected chi connectivity index (χ2v) is 7.87. The fraction of sp³-hybridized carbons (Fsp3) is 0.765. The summed E-state index contributed by atoms with van der Waals surface area (Å²) in [6.45, 7) is 10.2. The molecule has 1 N–H and O–H groups in total. The van der Waals surface area contributed by atoms with Gasteiger partial charge >= 0.3 is 0 Å². The van der Waals surface area contributed by atoms with Crippen molar-refractivity contribution in [3.05, 3.63) is 11.5 Å². The van der Waals surface area contributed by atoms with E-state index in [-0.39, 0.29) is 17.1 Å². The van der Waals surface area contributed by atoms with Crippen molar-refractivity contribution in [3.8, 4) is 0 Å². The number of thioether (sulfide) groups is 1. The lowest BCUT2D eigenvalue weighted by Crippen LogP contribution is -2.46. The number of aromatic nitrogens is 1. The van der Waals surface area contributed by atoms with E-state index in [9.17, 15) is 4.79 Å². The standard InChI is InChI=1S/C17H28N2O2S/c1-10(2)15(22-17-18-12(4)13(5)21-17)16(20)19-14-9-7-6-8-11(14)3/h10-11,14-15H,6-9H2,1-5H3,(H,19,20)/t11-,14+,15+/m1/s1. The van der Waals surface area contributed by atoms with Crippen LogP contribution in [0.25, 0.3) is 0 Å². The Morgan fingerprint density at radius 3 is 2.55 bits per heavy atom. The van der Waals surface area contributed by atoms with Crippen LogP contribution in [0.4, 0.5) is 0 Å². The molecule has 2 rings (SSSR count). The topological polar surface area (TPSA) is 55.1 Å². The molecular weight excluding hydrogens is 296 g/mol. The molecule has 3 atom stereocenters. The molecule has 1 aromatic heterocycles. The van der Waals surface area contributed by atoms with Crippen molar-refractivity contribution in [2.24, 2.45) is 11.8 Å². The van der Waals surface area contributed by atoms with Gasteiger partial charge in [0, 0.05) is 6.04 Å². The van der Waals surface area contributed by atoms with E-state index in [4.69, 9.17) is 4.42 Å². The van der Waals surface area contributed by atoms with Crippen molar-refractivity contribution in [2.75, 3.05) is 0 Å². The number of hydrogen-bond donors (Lipinski definition) is 1. The van der Waals surface area contributed by atoms with Crippen molar-refractivity contribution in [1.82, 2.24) is 10.3 Å². The summed E-state index contributed by atoms with van der Waals surface area (Å²) in [6, 6.07) is 0.316. The maximum absolute atomic E-state index is 12.7. The average Bonchev–Trinajstić information content (AvgIpc) is 2.77. The van der Waals surface area contributed by atoms with E-state index in [2.05, 4.69) is 31.1 Å². The number of carbonyl (C=O) groups is 1. The number of rotatable bonds is 5. The van der Waals surface area contributed by atoms with Gasteiger partial charge in [0.1, 0.15) is 5.76 Å². The average molecular weight is 324 g/mol. The van der Waals surface area contributed by atoms with Crippen LogP contribution in [0.3, 0.4) is 0 Å². The molecule has 1 saturated carbocycles. The molecule has 0 aromatic carbocycles. The van der Waals surface area contributed by atoms with Gasteiger partial charge in [-0.05, 0) is 38.5 Å². The monoisotopic (exact) mass is 324 g/mol. The summed E-state index contributed by atoms with van der Waals surface area (Å²) in [5.74, 6) is 1.75. The number of amides is 1. The van der Waals surface area contributed by atoms with Gasteiger partial charge in [-0.25, -0.2) is 4.98 Å². The van der Waals surface area contributed by atoms with Gasteiger partial charge in [0.25, 0.3) is 5.22 Å². The lowest BCUT2D eigenvalue weighted by atomic mass is 9.86. The smallest absolute Gasteiger partial charge is 0.256 e. The molecule has 1 aliphatic rings.